The zero-order valence-corrected chi connectivity index (χ0v) is 14.4. The van der Waals surface area contributed by atoms with Gasteiger partial charge in [0.15, 0.2) is 0 Å². The molecule has 1 atom stereocenters. The SMILES string of the molecule is C[C@@H]1CCN(Cc2ccccc2)CC(=O)N1C1CCCCCC1. The van der Waals surface area contributed by atoms with Crippen LogP contribution in [0.4, 0.5) is 0 Å². The summed E-state index contributed by atoms with van der Waals surface area (Å²) in [5.74, 6) is 0.345. The lowest BCUT2D eigenvalue weighted by molar-refractivity contribution is -0.135. The van der Waals surface area contributed by atoms with E-state index in [4.69, 9.17) is 0 Å². The third-order valence-corrected chi connectivity index (χ3v) is 5.45. The Morgan fingerprint density at radius 3 is 2.39 bits per heavy atom. The molecule has 2 aliphatic rings. The van der Waals surface area contributed by atoms with Crippen LogP contribution in [0.2, 0.25) is 0 Å². The van der Waals surface area contributed by atoms with Crippen LogP contribution in [0.25, 0.3) is 0 Å². The predicted molar refractivity (Wildman–Crippen MR) is 94.1 cm³/mol. The molecule has 0 unspecified atom stereocenters. The molecule has 1 saturated heterocycles. The number of nitrogens with zero attached hydrogens (tertiary/aromatic N) is 2. The van der Waals surface area contributed by atoms with Crippen molar-refractivity contribution in [3.05, 3.63) is 35.9 Å². The second kappa shape index (κ2) is 7.96. The van der Waals surface area contributed by atoms with Crippen molar-refractivity contribution in [1.82, 2.24) is 9.80 Å². The first-order valence-corrected chi connectivity index (χ1v) is 9.31. The average Bonchev–Trinajstić information content (AvgIpc) is 2.88. The van der Waals surface area contributed by atoms with Gasteiger partial charge in [0.25, 0.3) is 0 Å². The molecule has 1 aromatic carbocycles. The van der Waals surface area contributed by atoms with E-state index in [2.05, 4.69) is 41.0 Å². The number of hydrogen-bond donors (Lipinski definition) is 0. The first kappa shape index (κ1) is 16.5. The molecule has 3 heteroatoms. The molecule has 1 aliphatic heterocycles. The molecule has 1 heterocycles. The molecular weight excluding hydrogens is 284 g/mol. The van der Waals surface area contributed by atoms with Gasteiger partial charge in [0.2, 0.25) is 5.91 Å². The Kier molecular flexibility index (Phi) is 5.71. The van der Waals surface area contributed by atoms with Crippen molar-refractivity contribution in [1.29, 1.82) is 0 Å². The molecule has 1 aliphatic carbocycles. The van der Waals surface area contributed by atoms with Gasteiger partial charge >= 0.3 is 0 Å². The van der Waals surface area contributed by atoms with Crippen LogP contribution in [0.15, 0.2) is 30.3 Å². The normalized spacial score (nSPS) is 25.2. The van der Waals surface area contributed by atoms with Gasteiger partial charge in [-0.25, -0.2) is 0 Å². The largest absolute Gasteiger partial charge is 0.336 e. The van der Waals surface area contributed by atoms with E-state index in [1.54, 1.807) is 0 Å². The zero-order chi connectivity index (χ0) is 16.1. The minimum absolute atomic E-state index is 0.345. The first-order chi connectivity index (χ1) is 11.2. The lowest BCUT2D eigenvalue weighted by Gasteiger charge is -2.35. The van der Waals surface area contributed by atoms with Crippen LogP contribution < -0.4 is 0 Å². The van der Waals surface area contributed by atoms with Crippen LogP contribution in [0.1, 0.15) is 57.4 Å². The van der Waals surface area contributed by atoms with Crippen molar-refractivity contribution in [2.75, 3.05) is 13.1 Å². The zero-order valence-electron chi connectivity index (χ0n) is 14.4. The van der Waals surface area contributed by atoms with Crippen molar-refractivity contribution < 1.29 is 4.79 Å². The molecule has 0 radical (unpaired) electrons. The van der Waals surface area contributed by atoms with E-state index >= 15 is 0 Å². The van der Waals surface area contributed by atoms with Gasteiger partial charge in [-0.15, -0.1) is 0 Å². The lowest BCUT2D eigenvalue weighted by atomic mass is 10.0. The standard InChI is InChI=1S/C20H30N2O/c1-17-13-14-21(15-18-9-5-4-6-10-18)16-20(23)22(17)19-11-7-2-3-8-12-19/h4-6,9-10,17,19H,2-3,7-8,11-16H2,1H3/t17-/m1/s1. The summed E-state index contributed by atoms with van der Waals surface area (Å²) in [6, 6.07) is 11.4. The number of amides is 1. The summed E-state index contributed by atoms with van der Waals surface area (Å²) in [5, 5.41) is 0. The Morgan fingerprint density at radius 1 is 1.00 bits per heavy atom. The van der Waals surface area contributed by atoms with Crippen LogP contribution in [-0.2, 0) is 11.3 Å². The Labute approximate surface area is 140 Å². The molecular formula is C20H30N2O. The Hall–Kier alpha value is -1.35. The van der Waals surface area contributed by atoms with Gasteiger partial charge in [0, 0.05) is 25.2 Å². The van der Waals surface area contributed by atoms with Crippen molar-refractivity contribution in [2.45, 2.75) is 70.5 Å². The maximum absolute atomic E-state index is 12.9. The monoisotopic (exact) mass is 314 g/mol. The number of benzene rings is 1. The van der Waals surface area contributed by atoms with Gasteiger partial charge in [-0.1, -0.05) is 56.0 Å². The van der Waals surface area contributed by atoms with Gasteiger partial charge in [-0.2, -0.15) is 0 Å². The molecule has 0 aromatic heterocycles. The molecule has 3 nitrogen and oxygen atoms in total. The minimum atomic E-state index is 0.345. The van der Waals surface area contributed by atoms with E-state index in [1.165, 1.54) is 44.1 Å². The van der Waals surface area contributed by atoms with Gasteiger partial charge in [-0.3, -0.25) is 9.69 Å². The van der Waals surface area contributed by atoms with E-state index in [9.17, 15) is 4.79 Å². The summed E-state index contributed by atoms with van der Waals surface area (Å²) in [6.07, 6.45) is 8.75. The molecule has 0 bridgehead atoms. The Bertz CT molecular complexity index is 494. The third-order valence-electron chi connectivity index (χ3n) is 5.45. The maximum atomic E-state index is 12.9. The number of carbonyl (C=O) groups excluding carboxylic acids is 1. The van der Waals surface area contributed by atoms with E-state index in [1.807, 2.05) is 6.07 Å². The van der Waals surface area contributed by atoms with Crippen molar-refractivity contribution in [3.63, 3.8) is 0 Å². The van der Waals surface area contributed by atoms with Gasteiger partial charge in [0.1, 0.15) is 0 Å². The molecule has 3 rings (SSSR count). The topological polar surface area (TPSA) is 23.6 Å². The van der Waals surface area contributed by atoms with Crippen molar-refractivity contribution in [2.24, 2.45) is 0 Å². The summed E-state index contributed by atoms with van der Waals surface area (Å²) in [5.41, 5.74) is 1.30. The quantitative estimate of drug-likeness (QED) is 0.792. The molecule has 1 amide bonds. The fraction of sp³-hybridized carbons (Fsp3) is 0.650. The van der Waals surface area contributed by atoms with E-state index in [0.29, 0.717) is 24.5 Å². The number of hydrogen-bond acceptors (Lipinski definition) is 2. The summed E-state index contributed by atoms with van der Waals surface area (Å²) in [7, 11) is 0. The Balaban J connectivity index is 1.66. The Morgan fingerprint density at radius 2 is 1.70 bits per heavy atom. The highest BCUT2D eigenvalue weighted by molar-refractivity contribution is 5.79. The molecule has 0 N–H and O–H groups in total. The highest BCUT2D eigenvalue weighted by atomic mass is 16.2. The van der Waals surface area contributed by atoms with Crippen molar-refractivity contribution >= 4 is 5.91 Å². The van der Waals surface area contributed by atoms with Gasteiger partial charge < -0.3 is 4.90 Å². The second-order valence-electron chi connectivity index (χ2n) is 7.28. The van der Waals surface area contributed by atoms with Crippen LogP contribution >= 0.6 is 0 Å². The van der Waals surface area contributed by atoms with Crippen LogP contribution in [0.3, 0.4) is 0 Å². The van der Waals surface area contributed by atoms with Gasteiger partial charge in [-0.05, 0) is 31.7 Å². The average molecular weight is 314 g/mol. The highest BCUT2D eigenvalue weighted by Crippen LogP contribution is 2.26. The highest BCUT2D eigenvalue weighted by Gasteiger charge is 2.32. The molecule has 0 spiro atoms. The minimum Gasteiger partial charge on any atom is -0.336 e. The summed E-state index contributed by atoms with van der Waals surface area (Å²) in [6.45, 7) is 4.73. The fourth-order valence-electron chi connectivity index (χ4n) is 4.18. The van der Waals surface area contributed by atoms with Crippen LogP contribution in [-0.4, -0.2) is 40.9 Å². The molecule has 1 saturated carbocycles. The van der Waals surface area contributed by atoms with Crippen LogP contribution in [0.5, 0.6) is 0 Å². The molecule has 1 aromatic rings. The third kappa shape index (κ3) is 4.35. The van der Waals surface area contributed by atoms with E-state index in [0.717, 1.165) is 19.5 Å². The fourth-order valence-corrected chi connectivity index (χ4v) is 4.18. The lowest BCUT2D eigenvalue weighted by Crippen LogP contribution is -2.46. The van der Waals surface area contributed by atoms with Crippen LogP contribution in [0, 0.1) is 0 Å². The summed E-state index contributed by atoms with van der Waals surface area (Å²) >= 11 is 0. The summed E-state index contributed by atoms with van der Waals surface area (Å²) in [4.78, 5) is 17.5. The summed E-state index contributed by atoms with van der Waals surface area (Å²) < 4.78 is 0. The van der Waals surface area contributed by atoms with Crippen molar-refractivity contribution in [3.8, 4) is 0 Å². The number of rotatable bonds is 3. The van der Waals surface area contributed by atoms with E-state index < -0.39 is 0 Å². The first-order valence-electron chi connectivity index (χ1n) is 9.31. The van der Waals surface area contributed by atoms with E-state index in [-0.39, 0.29) is 0 Å². The molecule has 2 fully saturated rings. The predicted octanol–water partition coefficient (Wildman–Crippen LogP) is 3.83. The smallest absolute Gasteiger partial charge is 0.237 e. The number of carbonyl (C=O) groups is 1. The molecule has 23 heavy (non-hydrogen) atoms. The van der Waals surface area contributed by atoms with Gasteiger partial charge in [0.05, 0.1) is 6.54 Å². The second-order valence-corrected chi connectivity index (χ2v) is 7.28. The maximum Gasteiger partial charge on any atom is 0.237 e. The molecule has 126 valence electrons.